The van der Waals surface area contributed by atoms with Crippen molar-refractivity contribution in [1.82, 2.24) is 0 Å². The molecule has 0 radical (unpaired) electrons. The van der Waals surface area contributed by atoms with Crippen LogP contribution in [0.25, 0.3) is 0 Å². The summed E-state index contributed by atoms with van der Waals surface area (Å²) in [6, 6.07) is 7.52. The predicted octanol–water partition coefficient (Wildman–Crippen LogP) is 2.09. The zero-order chi connectivity index (χ0) is 13.8. The Morgan fingerprint density at radius 2 is 1.61 bits per heavy atom. The first kappa shape index (κ1) is 14.4. The molecule has 18 heavy (non-hydrogen) atoms. The van der Waals surface area contributed by atoms with Gasteiger partial charge in [-0.25, -0.2) is 0 Å². The van der Waals surface area contributed by atoms with Crippen LogP contribution in [-0.4, -0.2) is 11.8 Å². The summed E-state index contributed by atoms with van der Waals surface area (Å²) in [5.41, 5.74) is 1.88. The number of benzene rings is 1. The summed E-state index contributed by atoms with van der Waals surface area (Å²) in [5, 5.41) is 10.2. The van der Waals surface area contributed by atoms with Gasteiger partial charge in [0.2, 0.25) is 0 Å². The van der Waals surface area contributed by atoms with Crippen molar-refractivity contribution < 1.29 is 14.7 Å². The zero-order valence-electron chi connectivity index (χ0n) is 11.2. The zero-order valence-corrected chi connectivity index (χ0v) is 11.2. The molecule has 0 bridgehead atoms. The second kappa shape index (κ2) is 5.80. The molecule has 0 saturated heterocycles. The van der Waals surface area contributed by atoms with Gasteiger partial charge >= 0.3 is 0 Å². The molecular weight excluding hydrogens is 228 g/mol. The molecule has 0 fully saturated rings. The molecule has 0 heterocycles. The van der Waals surface area contributed by atoms with E-state index in [9.17, 15) is 14.7 Å². The molecule has 0 aliphatic heterocycles. The van der Waals surface area contributed by atoms with Gasteiger partial charge in [0.1, 0.15) is 0 Å². The Labute approximate surface area is 108 Å². The van der Waals surface area contributed by atoms with E-state index in [0.29, 0.717) is 12.0 Å². The molecule has 0 N–H and O–H groups in total. The number of carboxylic acids is 1. The Hall–Kier alpha value is -1.64. The number of rotatable bonds is 5. The van der Waals surface area contributed by atoms with Crippen molar-refractivity contribution in [2.75, 3.05) is 0 Å². The number of hydrogen-bond donors (Lipinski definition) is 0. The molecular formula is C15H19O3-. The van der Waals surface area contributed by atoms with Crippen LogP contribution in [0.1, 0.15) is 56.0 Å². The molecule has 3 nitrogen and oxygen atoms in total. The monoisotopic (exact) mass is 247 g/mol. The van der Waals surface area contributed by atoms with Crippen LogP contribution in [0.4, 0.5) is 0 Å². The van der Waals surface area contributed by atoms with Gasteiger partial charge in [0.15, 0.2) is 5.78 Å². The summed E-state index contributed by atoms with van der Waals surface area (Å²) in [7, 11) is 0. The summed E-state index contributed by atoms with van der Waals surface area (Å²) in [6.07, 6.45) is 0.525. The molecule has 0 saturated carbocycles. The minimum Gasteiger partial charge on any atom is -0.550 e. The highest BCUT2D eigenvalue weighted by Gasteiger charge is 2.14. The predicted molar refractivity (Wildman–Crippen MR) is 68.3 cm³/mol. The lowest BCUT2D eigenvalue weighted by atomic mass is 9.86. The van der Waals surface area contributed by atoms with E-state index < -0.39 is 5.97 Å². The van der Waals surface area contributed by atoms with Crippen LogP contribution in [0.2, 0.25) is 0 Å². The Balaban J connectivity index is 2.62. The molecule has 0 unspecified atom stereocenters. The lowest BCUT2D eigenvalue weighted by Gasteiger charge is -2.19. The molecule has 0 atom stereocenters. The fourth-order valence-corrected chi connectivity index (χ4v) is 1.69. The normalized spacial score (nSPS) is 11.3. The number of carbonyl (C=O) groups is 2. The van der Waals surface area contributed by atoms with Gasteiger partial charge in [-0.05, 0) is 23.8 Å². The van der Waals surface area contributed by atoms with Gasteiger partial charge in [-0.15, -0.1) is 0 Å². The van der Waals surface area contributed by atoms with Crippen LogP contribution in [-0.2, 0) is 10.2 Å². The number of carbonyl (C=O) groups excluding carboxylic acids is 2. The first-order valence-electron chi connectivity index (χ1n) is 6.14. The van der Waals surface area contributed by atoms with Crippen molar-refractivity contribution in [3.63, 3.8) is 0 Å². The van der Waals surface area contributed by atoms with Crippen molar-refractivity contribution in [2.45, 2.75) is 45.4 Å². The first-order valence-corrected chi connectivity index (χ1v) is 6.14. The van der Waals surface area contributed by atoms with E-state index >= 15 is 0 Å². The van der Waals surface area contributed by atoms with E-state index in [2.05, 4.69) is 20.8 Å². The van der Waals surface area contributed by atoms with E-state index in [0.717, 1.165) is 0 Å². The minimum absolute atomic E-state index is 0.0169. The summed E-state index contributed by atoms with van der Waals surface area (Å²) in [4.78, 5) is 22.0. The van der Waals surface area contributed by atoms with Crippen molar-refractivity contribution in [3.8, 4) is 0 Å². The molecule has 98 valence electrons. The topological polar surface area (TPSA) is 57.2 Å². The molecule has 1 rings (SSSR count). The maximum atomic E-state index is 11.8. The van der Waals surface area contributed by atoms with Crippen molar-refractivity contribution in [3.05, 3.63) is 35.4 Å². The van der Waals surface area contributed by atoms with Crippen LogP contribution in [0.3, 0.4) is 0 Å². The quantitative estimate of drug-likeness (QED) is 0.748. The van der Waals surface area contributed by atoms with Gasteiger partial charge in [0.05, 0.1) is 0 Å². The highest BCUT2D eigenvalue weighted by molar-refractivity contribution is 5.96. The van der Waals surface area contributed by atoms with Crippen LogP contribution in [0, 0.1) is 0 Å². The largest absolute Gasteiger partial charge is 0.550 e. The summed E-state index contributed by atoms with van der Waals surface area (Å²) in [5.74, 6) is -1.12. The average molecular weight is 247 g/mol. The van der Waals surface area contributed by atoms with Gasteiger partial charge in [-0.2, -0.15) is 0 Å². The number of Topliss-reactive ketones (excluding diaryl/α,β-unsaturated/α-hetero) is 1. The second-order valence-electron chi connectivity index (χ2n) is 5.48. The molecule has 1 aromatic carbocycles. The highest BCUT2D eigenvalue weighted by Crippen LogP contribution is 2.22. The standard InChI is InChI=1S/C15H20O3/c1-15(2,3)12-9-7-11(8-10-12)13(16)5-4-6-14(17)18/h7-10H,4-6H2,1-3H3,(H,17,18)/p-1. The smallest absolute Gasteiger partial charge is 0.162 e. The highest BCUT2D eigenvalue weighted by atomic mass is 16.4. The maximum absolute atomic E-state index is 11.8. The number of carboxylic acid groups (broad SMARTS) is 1. The molecule has 3 heteroatoms. The van der Waals surface area contributed by atoms with Crippen molar-refractivity contribution >= 4 is 11.8 Å². The Morgan fingerprint density at radius 3 is 2.06 bits per heavy atom. The molecule has 1 aromatic rings. The van der Waals surface area contributed by atoms with Gasteiger partial charge in [-0.3, -0.25) is 4.79 Å². The SMILES string of the molecule is CC(C)(C)c1ccc(C(=O)CCCC(=O)[O-])cc1. The lowest BCUT2D eigenvalue weighted by Crippen LogP contribution is -2.21. The molecule has 0 amide bonds. The Morgan fingerprint density at radius 1 is 1.06 bits per heavy atom. The van der Waals surface area contributed by atoms with Crippen molar-refractivity contribution in [1.29, 1.82) is 0 Å². The van der Waals surface area contributed by atoms with Gasteiger partial charge < -0.3 is 9.90 Å². The fourth-order valence-electron chi connectivity index (χ4n) is 1.69. The maximum Gasteiger partial charge on any atom is 0.162 e. The number of ketones is 1. The van der Waals surface area contributed by atoms with Crippen LogP contribution < -0.4 is 5.11 Å². The van der Waals surface area contributed by atoms with E-state index in [4.69, 9.17) is 0 Å². The summed E-state index contributed by atoms with van der Waals surface area (Å²) >= 11 is 0. The van der Waals surface area contributed by atoms with E-state index in [-0.39, 0.29) is 24.0 Å². The van der Waals surface area contributed by atoms with Crippen LogP contribution >= 0.6 is 0 Å². The molecule has 0 aliphatic carbocycles. The lowest BCUT2D eigenvalue weighted by molar-refractivity contribution is -0.305. The van der Waals surface area contributed by atoms with Crippen LogP contribution in [0.5, 0.6) is 0 Å². The van der Waals surface area contributed by atoms with E-state index in [1.54, 1.807) is 0 Å². The average Bonchev–Trinajstić information content (AvgIpc) is 2.27. The van der Waals surface area contributed by atoms with Gasteiger partial charge in [0.25, 0.3) is 0 Å². The summed E-state index contributed by atoms with van der Waals surface area (Å²) < 4.78 is 0. The summed E-state index contributed by atoms with van der Waals surface area (Å²) in [6.45, 7) is 6.34. The van der Waals surface area contributed by atoms with Crippen molar-refractivity contribution in [2.24, 2.45) is 0 Å². The second-order valence-corrected chi connectivity index (χ2v) is 5.48. The number of aliphatic carboxylic acids is 1. The third-order valence-corrected chi connectivity index (χ3v) is 2.86. The van der Waals surface area contributed by atoms with E-state index in [1.165, 1.54) is 5.56 Å². The van der Waals surface area contributed by atoms with Gasteiger partial charge in [-0.1, -0.05) is 45.0 Å². The van der Waals surface area contributed by atoms with Crippen LogP contribution in [0.15, 0.2) is 24.3 Å². The molecule has 0 aliphatic rings. The van der Waals surface area contributed by atoms with Gasteiger partial charge in [0, 0.05) is 18.0 Å². The Bertz CT molecular complexity index is 424. The molecule has 0 spiro atoms. The molecule has 0 aromatic heterocycles. The third-order valence-electron chi connectivity index (χ3n) is 2.86. The minimum atomic E-state index is -1.11. The third kappa shape index (κ3) is 4.32. The first-order chi connectivity index (χ1) is 8.30. The van der Waals surface area contributed by atoms with E-state index in [1.807, 2.05) is 24.3 Å². The fraction of sp³-hybridized carbons (Fsp3) is 0.467. The number of hydrogen-bond acceptors (Lipinski definition) is 3. The Kier molecular flexibility index (Phi) is 4.65.